The normalized spacial score (nSPS) is 11.2. The summed E-state index contributed by atoms with van der Waals surface area (Å²) in [5.74, 6) is -0.0746. The predicted octanol–water partition coefficient (Wildman–Crippen LogP) is 2.52. The van der Waals surface area contributed by atoms with Crippen LogP contribution in [0.3, 0.4) is 0 Å². The molecular weight excluding hydrogens is 256 g/mol. The van der Waals surface area contributed by atoms with Gasteiger partial charge in [-0.1, -0.05) is 12.1 Å². The lowest BCUT2D eigenvalue weighted by Crippen LogP contribution is -2.36. The lowest BCUT2D eigenvalue weighted by molar-refractivity contribution is -0.117. The quantitative estimate of drug-likeness (QED) is 0.887. The SMILES string of the molecule is CC(C)(N)CC(=O)Nc1ccccc1Br. The van der Waals surface area contributed by atoms with E-state index in [0.29, 0.717) is 6.42 Å². The second-order valence-corrected chi connectivity index (χ2v) is 5.05. The lowest BCUT2D eigenvalue weighted by atomic mass is 10.0. The highest BCUT2D eigenvalue weighted by Gasteiger charge is 2.16. The third-order valence-corrected chi connectivity index (χ3v) is 2.46. The monoisotopic (exact) mass is 270 g/mol. The second kappa shape index (κ2) is 4.77. The van der Waals surface area contributed by atoms with E-state index in [-0.39, 0.29) is 5.91 Å². The van der Waals surface area contributed by atoms with Crippen molar-refractivity contribution >= 4 is 27.5 Å². The van der Waals surface area contributed by atoms with Crippen LogP contribution in [-0.4, -0.2) is 11.4 Å². The van der Waals surface area contributed by atoms with Crippen LogP contribution in [0.5, 0.6) is 0 Å². The van der Waals surface area contributed by atoms with E-state index >= 15 is 0 Å². The summed E-state index contributed by atoms with van der Waals surface area (Å²) in [5, 5.41) is 2.80. The number of para-hydroxylation sites is 1. The predicted molar refractivity (Wildman–Crippen MR) is 65.7 cm³/mol. The van der Waals surface area contributed by atoms with Crippen LogP contribution < -0.4 is 11.1 Å². The van der Waals surface area contributed by atoms with Gasteiger partial charge in [-0.2, -0.15) is 0 Å². The molecule has 0 saturated heterocycles. The minimum atomic E-state index is -0.481. The summed E-state index contributed by atoms with van der Waals surface area (Å²) >= 11 is 3.36. The van der Waals surface area contributed by atoms with Gasteiger partial charge in [0.05, 0.1) is 5.69 Å². The van der Waals surface area contributed by atoms with Gasteiger partial charge in [0.2, 0.25) is 5.91 Å². The maximum absolute atomic E-state index is 11.6. The molecule has 3 nitrogen and oxygen atoms in total. The van der Waals surface area contributed by atoms with Gasteiger partial charge in [0.1, 0.15) is 0 Å². The van der Waals surface area contributed by atoms with E-state index in [9.17, 15) is 4.79 Å². The fourth-order valence-corrected chi connectivity index (χ4v) is 1.55. The minimum absolute atomic E-state index is 0.0746. The molecule has 0 spiro atoms. The van der Waals surface area contributed by atoms with E-state index in [1.54, 1.807) is 0 Å². The molecule has 0 fully saturated rings. The second-order valence-electron chi connectivity index (χ2n) is 4.19. The fourth-order valence-electron chi connectivity index (χ4n) is 1.17. The molecule has 0 bridgehead atoms. The Morgan fingerprint density at radius 3 is 2.60 bits per heavy atom. The van der Waals surface area contributed by atoms with Gasteiger partial charge in [0.25, 0.3) is 0 Å². The van der Waals surface area contributed by atoms with Crippen molar-refractivity contribution in [2.75, 3.05) is 5.32 Å². The molecule has 15 heavy (non-hydrogen) atoms. The first-order valence-electron chi connectivity index (χ1n) is 4.72. The number of nitrogens with one attached hydrogen (secondary N) is 1. The Morgan fingerprint density at radius 2 is 2.07 bits per heavy atom. The van der Waals surface area contributed by atoms with Gasteiger partial charge >= 0.3 is 0 Å². The maximum Gasteiger partial charge on any atom is 0.226 e. The highest BCUT2D eigenvalue weighted by atomic mass is 79.9. The van der Waals surface area contributed by atoms with Crippen molar-refractivity contribution in [2.45, 2.75) is 25.8 Å². The van der Waals surface area contributed by atoms with Crippen LogP contribution in [0.4, 0.5) is 5.69 Å². The number of anilines is 1. The Morgan fingerprint density at radius 1 is 1.47 bits per heavy atom. The summed E-state index contributed by atoms with van der Waals surface area (Å²) in [6.45, 7) is 3.65. The smallest absolute Gasteiger partial charge is 0.226 e. The minimum Gasteiger partial charge on any atom is -0.325 e. The Bertz CT molecular complexity index is 358. The summed E-state index contributed by atoms with van der Waals surface area (Å²) in [7, 11) is 0. The molecule has 0 atom stereocenters. The third kappa shape index (κ3) is 4.44. The zero-order chi connectivity index (χ0) is 11.5. The number of halogens is 1. The zero-order valence-electron chi connectivity index (χ0n) is 8.88. The zero-order valence-corrected chi connectivity index (χ0v) is 10.5. The summed E-state index contributed by atoms with van der Waals surface area (Å²) in [6.07, 6.45) is 0.300. The van der Waals surface area contributed by atoms with Gasteiger partial charge in [0.15, 0.2) is 0 Å². The molecule has 0 aromatic heterocycles. The Kier molecular flexibility index (Phi) is 3.88. The molecule has 1 aromatic rings. The Labute approximate surface area is 98.2 Å². The van der Waals surface area contributed by atoms with Crippen LogP contribution in [-0.2, 0) is 4.79 Å². The maximum atomic E-state index is 11.6. The molecular formula is C11H15BrN2O. The van der Waals surface area contributed by atoms with Crippen molar-refractivity contribution in [3.63, 3.8) is 0 Å². The highest BCUT2D eigenvalue weighted by Crippen LogP contribution is 2.21. The molecule has 3 N–H and O–H groups in total. The van der Waals surface area contributed by atoms with Gasteiger partial charge in [-0.25, -0.2) is 0 Å². The summed E-state index contributed by atoms with van der Waals surface area (Å²) in [4.78, 5) is 11.6. The van der Waals surface area contributed by atoms with Gasteiger partial charge in [-0.3, -0.25) is 4.79 Å². The van der Waals surface area contributed by atoms with Gasteiger partial charge in [0, 0.05) is 16.4 Å². The van der Waals surface area contributed by atoms with Crippen molar-refractivity contribution in [3.05, 3.63) is 28.7 Å². The van der Waals surface area contributed by atoms with Crippen LogP contribution in [0.1, 0.15) is 20.3 Å². The van der Waals surface area contributed by atoms with Gasteiger partial charge in [-0.05, 0) is 41.9 Å². The number of amides is 1. The van der Waals surface area contributed by atoms with E-state index in [2.05, 4.69) is 21.2 Å². The molecule has 0 radical (unpaired) electrons. The van der Waals surface area contributed by atoms with E-state index in [0.717, 1.165) is 10.2 Å². The van der Waals surface area contributed by atoms with E-state index < -0.39 is 5.54 Å². The number of hydrogen-bond donors (Lipinski definition) is 2. The summed E-state index contributed by atoms with van der Waals surface area (Å²) in [5.41, 5.74) is 6.04. The molecule has 1 rings (SSSR count). The number of carbonyl (C=O) groups is 1. The first-order valence-corrected chi connectivity index (χ1v) is 5.51. The van der Waals surface area contributed by atoms with Crippen molar-refractivity contribution in [2.24, 2.45) is 5.73 Å². The molecule has 0 saturated carbocycles. The third-order valence-electron chi connectivity index (χ3n) is 1.76. The van der Waals surface area contributed by atoms with Crippen LogP contribution in [0, 0.1) is 0 Å². The van der Waals surface area contributed by atoms with E-state index in [1.165, 1.54) is 0 Å². The number of benzene rings is 1. The Hall–Kier alpha value is -0.870. The van der Waals surface area contributed by atoms with Crippen LogP contribution >= 0.6 is 15.9 Å². The summed E-state index contributed by atoms with van der Waals surface area (Å²) < 4.78 is 0.869. The number of rotatable bonds is 3. The van der Waals surface area contributed by atoms with Crippen LogP contribution in [0.2, 0.25) is 0 Å². The number of nitrogens with two attached hydrogens (primary N) is 1. The molecule has 82 valence electrons. The number of carbonyl (C=O) groups excluding carboxylic acids is 1. The first-order chi connectivity index (χ1) is 6.88. The molecule has 0 unspecified atom stereocenters. The van der Waals surface area contributed by atoms with Crippen molar-refractivity contribution in [1.29, 1.82) is 0 Å². The van der Waals surface area contributed by atoms with E-state index in [1.807, 2.05) is 38.1 Å². The molecule has 1 aromatic carbocycles. The molecule has 0 heterocycles. The molecule has 4 heteroatoms. The standard InChI is InChI=1S/C11H15BrN2O/c1-11(2,13)7-10(15)14-9-6-4-3-5-8(9)12/h3-6H,7,13H2,1-2H3,(H,14,15). The average molecular weight is 271 g/mol. The molecule has 1 amide bonds. The first kappa shape index (κ1) is 12.2. The van der Waals surface area contributed by atoms with Gasteiger partial charge in [-0.15, -0.1) is 0 Å². The summed E-state index contributed by atoms with van der Waals surface area (Å²) in [6, 6.07) is 7.48. The molecule has 0 aliphatic rings. The van der Waals surface area contributed by atoms with E-state index in [4.69, 9.17) is 5.73 Å². The van der Waals surface area contributed by atoms with Crippen LogP contribution in [0.25, 0.3) is 0 Å². The lowest BCUT2D eigenvalue weighted by Gasteiger charge is -2.17. The number of hydrogen-bond acceptors (Lipinski definition) is 2. The largest absolute Gasteiger partial charge is 0.325 e. The van der Waals surface area contributed by atoms with Gasteiger partial charge < -0.3 is 11.1 Å². The topological polar surface area (TPSA) is 55.1 Å². The molecule has 0 aliphatic carbocycles. The van der Waals surface area contributed by atoms with Crippen molar-refractivity contribution in [3.8, 4) is 0 Å². The average Bonchev–Trinajstić information content (AvgIpc) is 2.05. The Balaban J connectivity index is 2.64. The highest BCUT2D eigenvalue weighted by molar-refractivity contribution is 9.10. The van der Waals surface area contributed by atoms with Crippen LogP contribution in [0.15, 0.2) is 28.7 Å². The van der Waals surface area contributed by atoms with Crippen molar-refractivity contribution in [1.82, 2.24) is 0 Å². The fraction of sp³-hybridized carbons (Fsp3) is 0.364. The van der Waals surface area contributed by atoms with Crippen molar-refractivity contribution < 1.29 is 4.79 Å². The molecule has 0 aliphatic heterocycles.